The SMILES string of the molecule is CNCC(=O)OC[C@H]1O[C@@H](n2cc(F)c(=O)n(COC(=O)CN)c2=O)C[C@@H]1OCc1ccc(Cl)cc1. The molecule has 36 heavy (non-hydrogen) atoms. The summed E-state index contributed by atoms with van der Waals surface area (Å²) >= 11 is 5.91. The van der Waals surface area contributed by atoms with Crippen LogP contribution in [0.4, 0.5) is 4.39 Å². The minimum absolute atomic E-state index is 0.0242. The van der Waals surface area contributed by atoms with E-state index in [9.17, 15) is 23.6 Å². The maximum absolute atomic E-state index is 14.4. The average molecular weight is 529 g/mol. The summed E-state index contributed by atoms with van der Waals surface area (Å²) in [5.41, 5.74) is 3.72. The summed E-state index contributed by atoms with van der Waals surface area (Å²) in [4.78, 5) is 48.2. The van der Waals surface area contributed by atoms with E-state index in [0.29, 0.717) is 15.8 Å². The molecular formula is C22H26ClFN4O8. The number of aromatic nitrogens is 2. The van der Waals surface area contributed by atoms with Crippen molar-refractivity contribution < 1.29 is 32.9 Å². The maximum Gasteiger partial charge on any atom is 0.336 e. The molecule has 0 saturated carbocycles. The number of rotatable bonds is 11. The highest BCUT2D eigenvalue weighted by Crippen LogP contribution is 2.31. The van der Waals surface area contributed by atoms with E-state index in [1.165, 1.54) is 0 Å². The zero-order valence-electron chi connectivity index (χ0n) is 19.4. The zero-order valence-corrected chi connectivity index (χ0v) is 20.1. The average Bonchev–Trinajstić information content (AvgIpc) is 3.27. The number of hydrogen-bond donors (Lipinski definition) is 2. The molecule has 1 fully saturated rings. The minimum Gasteiger partial charge on any atom is -0.462 e. The van der Waals surface area contributed by atoms with Gasteiger partial charge in [-0.2, -0.15) is 4.39 Å². The highest BCUT2D eigenvalue weighted by Gasteiger charge is 2.39. The van der Waals surface area contributed by atoms with Crippen molar-refractivity contribution in [2.24, 2.45) is 5.73 Å². The highest BCUT2D eigenvalue weighted by atomic mass is 35.5. The second-order valence-corrected chi connectivity index (χ2v) is 8.24. The summed E-state index contributed by atoms with van der Waals surface area (Å²) in [5, 5.41) is 3.23. The number of likely N-dealkylation sites (N-methyl/N-ethyl adjacent to an activating group) is 1. The first-order valence-corrected chi connectivity index (χ1v) is 11.3. The Labute approximate surface area is 209 Å². The van der Waals surface area contributed by atoms with Crippen molar-refractivity contribution in [3.8, 4) is 0 Å². The number of carbonyl (C=O) groups excluding carboxylic acids is 2. The predicted octanol–water partition coefficient (Wildman–Crippen LogP) is -0.103. The number of carbonyl (C=O) groups is 2. The summed E-state index contributed by atoms with van der Waals surface area (Å²) in [6.45, 7) is -1.35. The molecule has 1 aliphatic heterocycles. The molecule has 0 radical (unpaired) electrons. The quantitative estimate of drug-likeness (QED) is 0.378. The third-order valence-electron chi connectivity index (χ3n) is 5.27. The van der Waals surface area contributed by atoms with Crippen molar-refractivity contribution in [3.05, 3.63) is 67.7 Å². The molecule has 3 rings (SSSR count). The second kappa shape index (κ2) is 12.7. The Morgan fingerprint density at radius 2 is 1.94 bits per heavy atom. The highest BCUT2D eigenvalue weighted by molar-refractivity contribution is 6.30. The van der Waals surface area contributed by atoms with Crippen molar-refractivity contribution in [2.45, 2.75) is 38.2 Å². The molecule has 2 heterocycles. The van der Waals surface area contributed by atoms with Gasteiger partial charge in [-0.3, -0.25) is 19.0 Å². The number of nitrogens with one attached hydrogen (secondary N) is 1. The Kier molecular flexibility index (Phi) is 9.73. The van der Waals surface area contributed by atoms with Crippen LogP contribution in [0.1, 0.15) is 18.2 Å². The fourth-order valence-electron chi connectivity index (χ4n) is 3.45. The largest absolute Gasteiger partial charge is 0.462 e. The fourth-order valence-corrected chi connectivity index (χ4v) is 3.58. The molecule has 0 bridgehead atoms. The topological polar surface area (TPSA) is 153 Å². The second-order valence-electron chi connectivity index (χ2n) is 7.80. The molecule has 1 aromatic carbocycles. The number of hydrogen-bond acceptors (Lipinski definition) is 10. The smallest absolute Gasteiger partial charge is 0.336 e. The van der Waals surface area contributed by atoms with Crippen LogP contribution in [0.2, 0.25) is 5.02 Å². The van der Waals surface area contributed by atoms with Gasteiger partial charge in [-0.1, -0.05) is 23.7 Å². The molecule has 0 aliphatic carbocycles. The van der Waals surface area contributed by atoms with E-state index in [1.807, 2.05) is 0 Å². The van der Waals surface area contributed by atoms with E-state index in [1.54, 1.807) is 31.3 Å². The van der Waals surface area contributed by atoms with Gasteiger partial charge in [0.15, 0.2) is 6.73 Å². The molecule has 2 aromatic rings. The lowest BCUT2D eigenvalue weighted by atomic mass is 10.1. The van der Waals surface area contributed by atoms with Gasteiger partial charge >= 0.3 is 17.6 Å². The first kappa shape index (κ1) is 27.5. The van der Waals surface area contributed by atoms with Crippen LogP contribution in [-0.4, -0.2) is 60.0 Å². The van der Waals surface area contributed by atoms with Crippen molar-refractivity contribution in [1.82, 2.24) is 14.5 Å². The van der Waals surface area contributed by atoms with Crippen LogP contribution in [0.3, 0.4) is 0 Å². The number of nitrogens with two attached hydrogens (primary N) is 1. The van der Waals surface area contributed by atoms with E-state index in [4.69, 9.17) is 36.3 Å². The number of benzene rings is 1. The molecule has 1 aromatic heterocycles. The Balaban J connectivity index is 1.82. The van der Waals surface area contributed by atoms with Crippen LogP contribution < -0.4 is 22.3 Å². The van der Waals surface area contributed by atoms with Crippen LogP contribution in [0.5, 0.6) is 0 Å². The number of halogens is 2. The van der Waals surface area contributed by atoms with Gasteiger partial charge in [0.2, 0.25) is 5.82 Å². The zero-order chi connectivity index (χ0) is 26.2. The lowest BCUT2D eigenvalue weighted by molar-refractivity contribution is -0.150. The monoisotopic (exact) mass is 528 g/mol. The van der Waals surface area contributed by atoms with Gasteiger partial charge in [0.05, 0.1) is 32.0 Å². The van der Waals surface area contributed by atoms with E-state index in [0.717, 1.165) is 10.1 Å². The van der Waals surface area contributed by atoms with Crippen LogP contribution in [-0.2, 0) is 41.9 Å². The number of nitrogens with zero attached hydrogens (tertiary/aromatic N) is 2. The van der Waals surface area contributed by atoms with Gasteiger partial charge in [0.1, 0.15) is 18.9 Å². The van der Waals surface area contributed by atoms with Crippen LogP contribution in [0, 0.1) is 5.82 Å². The molecule has 3 atom stereocenters. The maximum atomic E-state index is 14.4. The normalized spacial score (nSPS) is 19.3. The molecule has 12 nitrogen and oxygen atoms in total. The summed E-state index contributed by atoms with van der Waals surface area (Å²) in [5.74, 6) is -2.67. The standard InChI is InChI=1S/C22H26ClFN4O8/c1-26-8-20(30)34-11-17-16(33-10-13-2-4-14(23)5-3-13)6-18(36-17)27-9-15(24)21(31)28(22(27)32)12-35-19(29)7-25/h2-5,9,16-18,26H,6-8,10-12,25H2,1H3/t16-,17+,18+/m0/s1. The molecule has 1 saturated heterocycles. The third kappa shape index (κ3) is 6.98. The Hall–Kier alpha value is -3.10. The van der Waals surface area contributed by atoms with Crippen molar-refractivity contribution >= 4 is 23.5 Å². The van der Waals surface area contributed by atoms with Gasteiger partial charge in [0, 0.05) is 11.4 Å². The van der Waals surface area contributed by atoms with Gasteiger partial charge < -0.3 is 30.0 Å². The molecule has 1 aliphatic rings. The first-order chi connectivity index (χ1) is 17.2. The summed E-state index contributed by atoms with van der Waals surface area (Å²) < 4.78 is 37.4. The Morgan fingerprint density at radius 3 is 2.61 bits per heavy atom. The van der Waals surface area contributed by atoms with Crippen molar-refractivity contribution in [2.75, 3.05) is 26.7 Å². The van der Waals surface area contributed by atoms with Crippen LogP contribution in [0.15, 0.2) is 40.1 Å². The van der Waals surface area contributed by atoms with Crippen LogP contribution in [0.25, 0.3) is 0 Å². The number of ether oxygens (including phenoxy) is 4. The lowest BCUT2D eigenvalue weighted by Gasteiger charge is -2.19. The predicted molar refractivity (Wildman–Crippen MR) is 124 cm³/mol. The molecule has 196 valence electrons. The molecule has 14 heteroatoms. The summed E-state index contributed by atoms with van der Waals surface area (Å²) in [7, 11) is 1.59. The molecule has 3 N–H and O–H groups in total. The van der Waals surface area contributed by atoms with Gasteiger partial charge in [-0.15, -0.1) is 0 Å². The third-order valence-corrected chi connectivity index (χ3v) is 5.52. The van der Waals surface area contributed by atoms with E-state index < -0.39 is 60.7 Å². The van der Waals surface area contributed by atoms with E-state index in [2.05, 4.69) is 5.32 Å². The molecule has 0 amide bonds. The summed E-state index contributed by atoms with van der Waals surface area (Å²) in [6, 6.07) is 6.95. The van der Waals surface area contributed by atoms with Gasteiger partial charge in [0.25, 0.3) is 5.56 Å². The lowest BCUT2D eigenvalue weighted by Crippen LogP contribution is -2.43. The van der Waals surface area contributed by atoms with E-state index >= 15 is 0 Å². The molecule has 0 spiro atoms. The minimum atomic E-state index is -1.27. The molecular weight excluding hydrogens is 503 g/mol. The van der Waals surface area contributed by atoms with Gasteiger partial charge in [-0.25, -0.2) is 9.36 Å². The van der Waals surface area contributed by atoms with Crippen LogP contribution >= 0.6 is 11.6 Å². The molecule has 0 unspecified atom stereocenters. The van der Waals surface area contributed by atoms with Crippen molar-refractivity contribution in [1.29, 1.82) is 0 Å². The fraction of sp³-hybridized carbons (Fsp3) is 0.455. The Bertz CT molecular complexity index is 1190. The number of esters is 2. The van der Waals surface area contributed by atoms with E-state index in [-0.39, 0.29) is 26.2 Å². The summed E-state index contributed by atoms with van der Waals surface area (Å²) in [6.07, 6.45) is -1.73. The first-order valence-electron chi connectivity index (χ1n) is 10.9. The van der Waals surface area contributed by atoms with Gasteiger partial charge in [-0.05, 0) is 24.7 Å². The van der Waals surface area contributed by atoms with Crippen molar-refractivity contribution in [3.63, 3.8) is 0 Å². The Morgan fingerprint density at radius 1 is 1.22 bits per heavy atom.